The van der Waals surface area contributed by atoms with Gasteiger partial charge in [0, 0.05) is 17.7 Å². The first kappa shape index (κ1) is 13.3. The second kappa shape index (κ2) is 5.04. The summed E-state index contributed by atoms with van der Waals surface area (Å²) >= 11 is 6.11. The van der Waals surface area contributed by atoms with Gasteiger partial charge in [0.1, 0.15) is 5.82 Å². The van der Waals surface area contributed by atoms with Crippen molar-refractivity contribution in [1.82, 2.24) is 0 Å². The maximum Gasteiger partial charge on any atom is 0.124 e. The third-order valence-corrected chi connectivity index (χ3v) is 4.95. The predicted octanol–water partition coefficient (Wildman–Crippen LogP) is 3.83. The molecule has 0 aromatic heterocycles. The molecule has 1 spiro atoms. The van der Waals surface area contributed by atoms with Gasteiger partial charge in [-0.3, -0.25) is 0 Å². The molecule has 1 aliphatic carbocycles. The van der Waals surface area contributed by atoms with Crippen molar-refractivity contribution in [1.29, 1.82) is 0 Å². The summed E-state index contributed by atoms with van der Waals surface area (Å²) in [5, 5.41) is 0.432. The molecule has 2 unspecified atom stereocenters. The van der Waals surface area contributed by atoms with Gasteiger partial charge >= 0.3 is 0 Å². The summed E-state index contributed by atoms with van der Waals surface area (Å²) in [6.45, 7) is 0.775. The summed E-state index contributed by atoms with van der Waals surface area (Å²) in [5.41, 5.74) is 7.29. The number of nitrogens with two attached hydrogens (primary N) is 1. The van der Waals surface area contributed by atoms with Crippen molar-refractivity contribution in [2.75, 3.05) is 6.61 Å². The normalized spacial score (nSPS) is 27.0. The lowest BCUT2D eigenvalue weighted by Gasteiger charge is -2.48. The molecular weight excluding hydrogens is 265 g/mol. The number of hydrogen-bond acceptors (Lipinski definition) is 2. The van der Waals surface area contributed by atoms with Gasteiger partial charge in [-0.1, -0.05) is 17.7 Å². The highest BCUT2D eigenvalue weighted by Gasteiger charge is 2.44. The summed E-state index contributed by atoms with van der Waals surface area (Å²) in [7, 11) is 0. The summed E-state index contributed by atoms with van der Waals surface area (Å²) in [4.78, 5) is 0. The van der Waals surface area contributed by atoms with E-state index in [1.807, 2.05) is 0 Å². The highest BCUT2D eigenvalue weighted by molar-refractivity contribution is 6.31. The Bertz CT molecular complexity index is 475. The van der Waals surface area contributed by atoms with E-state index in [-0.39, 0.29) is 17.5 Å². The van der Waals surface area contributed by atoms with Crippen LogP contribution in [0.25, 0.3) is 0 Å². The van der Waals surface area contributed by atoms with Gasteiger partial charge in [0.25, 0.3) is 0 Å². The molecule has 4 heteroatoms. The molecule has 1 aromatic carbocycles. The number of benzene rings is 1. The van der Waals surface area contributed by atoms with Crippen molar-refractivity contribution in [2.24, 2.45) is 11.7 Å². The van der Waals surface area contributed by atoms with Crippen molar-refractivity contribution >= 4 is 11.6 Å². The van der Waals surface area contributed by atoms with E-state index >= 15 is 0 Å². The molecule has 0 radical (unpaired) electrons. The topological polar surface area (TPSA) is 35.2 Å². The smallest absolute Gasteiger partial charge is 0.124 e. The lowest BCUT2D eigenvalue weighted by molar-refractivity contribution is -0.146. The molecule has 2 fully saturated rings. The number of rotatable bonds is 2. The van der Waals surface area contributed by atoms with Crippen molar-refractivity contribution in [3.05, 3.63) is 34.6 Å². The summed E-state index contributed by atoms with van der Waals surface area (Å²) in [5.74, 6) is 0.0559. The zero-order chi connectivity index (χ0) is 13.5. The minimum atomic E-state index is -0.316. The molecule has 1 saturated heterocycles. The third kappa shape index (κ3) is 2.51. The molecule has 2 nitrogen and oxygen atoms in total. The highest BCUT2D eigenvalue weighted by Crippen LogP contribution is 2.47. The quantitative estimate of drug-likeness (QED) is 0.895. The van der Waals surface area contributed by atoms with Gasteiger partial charge in [-0.15, -0.1) is 0 Å². The number of hydrogen-bond donors (Lipinski definition) is 1. The van der Waals surface area contributed by atoms with Gasteiger partial charge in [-0.05, 0) is 55.7 Å². The Labute approximate surface area is 118 Å². The van der Waals surface area contributed by atoms with E-state index in [4.69, 9.17) is 22.1 Å². The number of ether oxygens (including phenoxy) is 1. The Hall–Kier alpha value is -0.640. The lowest BCUT2D eigenvalue weighted by atomic mass is 9.70. The van der Waals surface area contributed by atoms with Crippen molar-refractivity contribution in [3.63, 3.8) is 0 Å². The van der Waals surface area contributed by atoms with E-state index < -0.39 is 0 Å². The van der Waals surface area contributed by atoms with Crippen molar-refractivity contribution < 1.29 is 9.13 Å². The molecule has 1 saturated carbocycles. The highest BCUT2D eigenvalue weighted by atomic mass is 35.5. The van der Waals surface area contributed by atoms with E-state index in [0.29, 0.717) is 10.9 Å². The van der Waals surface area contributed by atoms with Crippen LogP contribution >= 0.6 is 11.6 Å². The molecule has 2 aliphatic rings. The Morgan fingerprint density at radius 1 is 1.42 bits per heavy atom. The maximum absolute atomic E-state index is 13.1. The maximum atomic E-state index is 13.1. The van der Waals surface area contributed by atoms with Gasteiger partial charge in [0.2, 0.25) is 0 Å². The SMILES string of the molecule is NC(c1ccc(F)cc1Cl)C1CCOC2(CCC2)C1. The largest absolute Gasteiger partial charge is 0.375 e. The predicted molar refractivity (Wildman–Crippen MR) is 73.6 cm³/mol. The van der Waals surface area contributed by atoms with Crippen LogP contribution in [0.2, 0.25) is 5.02 Å². The Morgan fingerprint density at radius 3 is 2.84 bits per heavy atom. The van der Waals surface area contributed by atoms with Crippen molar-refractivity contribution in [3.8, 4) is 0 Å². The monoisotopic (exact) mass is 283 g/mol. The molecule has 1 heterocycles. The molecule has 0 amide bonds. The Morgan fingerprint density at radius 2 is 2.21 bits per heavy atom. The lowest BCUT2D eigenvalue weighted by Crippen LogP contribution is -2.47. The van der Waals surface area contributed by atoms with Crippen molar-refractivity contribution in [2.45, 2.75) is 43.7 Å². The van der Waals surface area contributed by atoms with Crippen LogP contribution in [-0.2, 0) is 4.74 Å². The van der Waals surface area contributed by atoms with Gasteiger partial charge in [-0.2, -0.15) is 0 Å². The molecule has 104 valence electrons. The van der Waals surface area contributed by atoms with E-state index in [9.17, 15) is 4.39 Å². The average molecular weight is 284 g/mol. The van der Waals surface area contributed by atoms with Crippen LogP contribution in [0, 0.1) is 11.7 Å². The van der Waals surface area contributed by atoms with Crippen LogP contribution in [0.4, 0.5) is 4.39 Å². The Balaban J connectivity index is 1.77. The van der Waals surface area contributed by atoms with Crippen LogP contribution < -0.4 is 5.73 Å². The van der Waals surface area contributed by atoms with Gasteiger partial charge in [0.05, 0.1) is 5.60 Å². The molecule has 19 heavy (non-hydrogen) atoms. The fraction of sp³-hybridized carbons (Fsp3) is 0.600. The van der Waals surface area contributed by atoms with E-state index in [1.165, 1.54) is 18.6 Å². The first-order valence-corrected chi connectivity index (χ1v) is 7.32. The van der Waals surface area contributed by atoms with Gasteiger partial charge < -0.3 is 10.5 Å². The van der Waals surface area contributed by atoms with Gasteiger partial charge in [0.15, 0.2) is 0 Å². The molecule has 2 N–H and O–H groups in total. The van der Waals surface area contributed by atoms with Gasteiger partial charge in [-0.25, -0.2) is 4.39 Å². The molecule has 3 rings (SSSR count). The summed E-state index contributed by atoms with van der Waals surface area (Å²) in [6.07, 6.45) is 5.50. The third-order valence-electron chi connectivity index (χ3n) is 4.63. The zero-order valence-corrected chi connectivity index (χ0v) is 11.6. The fourth-order valence-corrected chi connectivity index (χ4v) is 3.61. The molecule has 1 aliphatic heterocycles. The minimum Gasteiger partial charge on any atom is -0.375 e. The summed E-state index contributed by atoms with van der Waals surface area (Å²) < 4.78 is 19.0. The average Bonchev–Trinajstić information content (AvgIpc) is 2.36. The fourth-order valence-electron chi connectivity index (χ4n) is 3.32. The summed E-state index contributed by atoms with van der Waals surface area (Å²) in [6, 6.07) is 4.36. The second-order valence-corrected chi connectivity index (χ2v) is 6.24. The van der Waals surface area contributed by atoms with E-state index in [1.54, 1.807) is 6.07 Å². The number of halogens is 2. The minimum absolute atomic E-state index is 0.0764. The van der Waals surface area contributed by atoms with E-state index in [0.717, 1.165) is 37.9 Å². The van der Waals surface area contributed by atoms with Crippen LogP contribution in [-0.4, -0.2) is 12.2 Å². The first-order valence-electron chi connectivity index (χ1n) is 6.94. The van der Waals surface area contributed by atoms with E-state index in [2.05, 4.69) is 0 Å². The molecular formula is C15H19ClFNO. The van der Waals surface area contributed by atoms with Crippen LogP contribution in [0.15, 0.2) is 18.2 Å². The van der Waals surface area contributed by atoms with Crippen LogP contribution in [0.5, 0.6) is 0 Å². The Kier molecular flexibility index (Phi) is 3.54. The standard InChI is InChI=1S/C15H19ClFNO/c16-13-8-11(17)2-3-12(13)14(18)10-4-7-19-15(9-10)5-1-6-15/h2-3,8,10,14H,1,4-7,9,18H2. The van der Waals surface area contributed by atoms with Crippen LogP contribution in [0.3, 0.4) is 0 Å². The molecule has 0 bridgehead atoms. The molecule has 2 atom stereocenters. The van der Waals surface area contributed by atoms with Crippen LogP contribution in [0.1, 0.15) is 43.7 Å². The zero-order valence-electron chi connectivity index (χ0n) is 10.9. The second-order valence-electron chi connectivity index (χ2n) is 5.83. The first-order chi connectivity index (χ1) is 9.10. The molecule has 1 aromatic rings.